The smallest absolute Gasteiger partial charge is 0.355 e. The van der Waals surface area contributed by atoms with Crippen LogP contribution < -0.4 is 5.32 Å². The molecule has 9 heteroatoms. The van der Waals surface area contributed by atoms with Gasteiger partial charge in [-0.2, -0.15) is 0 Å². The van der Waals surface area contributed by atoms with Crippen LogP contribution in [-0.2, 0) is 16.6 Å². The zero-order valence-corrected chi connectivity index (χ0v) is 13.5. The monoisotopic (exact) mass is 345 g/mol. The van der Waals surface area contributed by atoms with Crippen molar-refractivity contribution in [2.45, 2.75) is 6.92 Å². The fraction of sp³-hybridized carbons (Fsp3) is 0.188. The second-order valence-electron chi connectivity index (χ2n) is 5.18. The molecule has 0 saturated heterocycles. The highest BCUT2D eigenvalue weighted by Gasteiger charge is 2.18. The number of nitro groups is 1. The number of carbonyl (C=O) groups is 3. The van der Waals surface area contributed by atoms with Gasteiger partial charge in [0.1, 0.15) is 11.4 Å². The molecule has 1 heterocycles. The van der Waals surface area contributed by atoms with Crippen molar-refractivity contribution in [1.82, 2.24) is 4.57 Å². The van der Waals surface area contributed by atoms with E-state index in [1.165, 1.54) is 48.0 Å². The number of nitrogens with zero attached hydrogens (tertiary/aromatic N) is 2. The SMILES string of the molecule is CC(=O)c1cc(C(=O)OCC(=O)Nc2ccccc2[N+](=O)[O-])n(C)c1. The summed E-state index contributed by atoms with van der Waals surface area (Å²) < 4.78 is 6.30. The first kappa shape index (κ1) is 17.9. The summed E-state index contributed by atoms with van der Waals surface area (Å²) >= 11 is 0. The number of hydrogen-bond acceptors (Lipinski definition) is 6. The van der Waals surface area contributed by atoms with Crippen LogP contribution >= 0.6 is 0 Å². The maximum absolute atomic E-state index is 12.0. The molecule has 2 aromatic rings. The van der Waals surface area contributed by atoms with Gasteiger partial charge in [-0.25, -0.2) is 4.79 Å². The van der Waals surface area contributed by atoms with Crippen LogP contribution in [0.1, 0.15) is 27.8 Å². The fourth-order valence-electron chi connectivity index (χ4n) is 2.09. The third-order valence-corrected chi connectivity index (χ3v) is 3.33. The van der Waals surface area contributed by atoms with E-state index in [-0.39, 0.29) is 22.9 Å². The normalized spacial score (nSPS) is 10.2. The molecular weight excluding hydrogens is 330 g/mol. The number of para-hydroxylation sites is 2. The van der Waals surface area contributed by atoms with Crippen LogP contribution in [0.25, 0.3) is 0 Å². The Balaban J connectivity index is 2.00. The van der Waals surface area contributed by atoms with Crippen LogP contribution in [0.3, 0.4) is 0 Å². The molecule has 1 N–H and O–H groups in total. The van der Waals surface area contributed by atoms with Gasteiger partial charge in [0.25, 0.3) is 11.6 Å². The number of ketones is 1. The lowest BCUT2D eigenvalue weighted by Crippen LogP contribution is -2.22. The summed E-state index contributed by atoms with van der Waals surface area (Å²) in [5.74, 6) is -1.71. The summed E-state index contributed by atoms with van der Waals surface area (Å²) in [5.41, 5.74) is 0.199. The Hall–Kier alpha value is -3.49. The molecule has 0 aliphatic carbocycles. The average Bonchev–Trinajstić information content (AvgIpc) is 2.95. The third kappa shape index (κ3) is 4.28. The van der Waals surface area contributed by atoms with Gasteiger partial charge in [0, 0.05) is 24.9 Å². The van der Waals surface area contributed by atoms with Crippen LogP contribution in [0.5, 0.6) is 0 Å². The number of rotatable bonds is 6. The largest absolute Gasteiger partial charge is 0.451 e. The number of nitrogens with one attached hydrogen (secondary N) is 1. The Morgan fingerprint density at radius 3 is 2.56 bits per heavy atom. The molecule has 0 saturated carbocycles. The number of aromatic nitrogens is 1. The molecule has 0 bridgehead atoms. The van der Waals surface area contributed by atoms with E-state index in [1.54, 1.807) is 7.05 Å². The average molecular weight is 345 g/mol. The molecule has 0 fully saturated rings. The van der Waals surface area contributed by atoms with E-state index in [0.29, 0.717) is 5.56 Å². The van der Waals surface area contributed by atoms with Crippen LogP contribution in [0, 0.1) is 10.1 Å². The predicted octanol–water partition coefficient (Wildman–Crippen LogP) is 1.93. The van der Waals surface area contributed by atoms with Gasteiger partial charge in [-0.3, -0.25) is 19.7 Å². The Kier molecular flexibility index (Phi) is 5.28. The molecule has 0 aliphatic rings. The number of benzene rings is 1. The van der Waals surface area contributed by atoms with Crippen LogP contribution in [0.15, 0.2) is 36.5 Å². The van der Waals surface area contributed by atoms with E-state index in [0.717, 1.165) is 0 Å². The number of Topliss-reactive ketones (excluding diaryl/α,β-unsaturated/α-hetero) is 1. The Labute approximate surface area is 142 Å². The number of hydrogen-bond donors (Lipinski definition) is 1. The summed E-state index contributed by atoms with van der Waals surface area (Å²) in [4.78, 5) is 45.4. The lowest BCUT2D eigenvalue weighted by molar-refractivity contribution is -0.383. The van der Waals surface area contributed by atoms with Crippen molar-refractivity contribution < 1.29 is 24.0 Å². The minimum atomic E-state index is -0.785. The maximum Gasteiger partial charge on any atom is 0.355 e. The number of carbonyl (C=O) groups excluding carboxylic acids is 3. The first-order valence-corrected chi connectivity index (χ1v) is 7.17. The van der Waals surface area contributed by atoms with Crippen molar-refractivity contribution in [3.63, 3.8) is 0 Å². The van der Waals surface area contributed by atoms with E-state index < -0.39 is 23.4 Å². The summed E-state index contributed by atoms with van der Waals surface area (Å²) in [6.45, 7) is 0.746. The van der Waals surface area contributed by atoms with Crippen molar-refractivity contribution in [2.75, 3.05) is 11.9 Å². The number of amides is 1. The zero-order valence-electron chi connectivity index (χ0n) is 13.5. The highest BCUT2D eigenvalue weighted by Crippen LogP contribution is 2.22. The number of anilines is 1. The summed E-state index contributed by atoms with van der Waals surface area (Å²) in [6.07, 6.45) is 1.48. The van der Waals surface area contributed by atoms with Gasteiger partial charge in [-0.1, -0.05) is 12.1 Å². The quantitative estimate of drug-likeness (QED) is 0.369. The number of nitro benzene ring substituents is 1. The van der Waals surface area contributed by atoms with Gasteiger partial charge in [0.15, 0.2) is 12.4 Å². The topological polar surface area (TPSA) is 121 Å². The Morgan fingerprint density at radius 1 is 1.28 bits per heavy atom. The van der Waals surface area contributed by atoms with Crippen molar-refractivity contribution in [2.24, 2.45) is 7.05 Å². The first-order valence-electron chi connectivity index (χ1n) is 7.17. The van der Waals surface area contributed by atoms with Gasteiger partial charge >= 0.3 is 5.97 Å². The summed E-state index contributed by atoms with van der Waals surface area (Å²) in [7, 11) is 1.57. The standard InChI is InChI=1S/C16H15N3O6/c1-10(20)11-7-14(18(2)8-11)16(22)25-9-15(21)17-12-5-3-4-6-13(12)19(23)24/h3-8H,9H2,1-2H3,(H,17,21). The van der Waals surface area contributed by atoms with Crippen LogP contribution in [0.2, 0.25) is 0 Å². The lowest BCUT2D eigenvalue weighted by atomic mass is 10.2. The van der Waals surface area contributed by atoms with E-state index in [9.17, 15) is 24.5 Å². The number of esters is 1. The zero-order chi connectivity index (χ0) is 18.6. The molecule has 0 unspecified atom stereocenters. The minimum absolute atomic E-state index is 0.00582. The second kappa shape index (κ2) is 7.39. The second-order valence-corrected chi connectivity index (χ2v) is 5.18. The Morgan fingerprint density at radius 2 is 1.96 bits per heavy atom. The summed E-state index contributed by atoms with van der Waals surface area (Å²) in [6, 6.07) is 6.98. The molecule has 1 amide bonds. The molecule has 0 spiro atoms. The van der Waals surface area contributed by atoms with Gasteiger partial charge < -0.3 is 14.6 Å². The first-order chi connectivity index (χ1) is 11.8. The van der Waals surface area contributed by atoms with Crippen molar-refractivity contribution >= 4 is 29.0 Å². The van der Waals surface area contributed by atoms with Gasteiger partial charge in [0.2, 0.25) is 0 Å². The van der Waals surface area contributed by atoms with Crippen molar-refractivity contribution in [3.05, 3.63) is 57.9 Å². The predicted molar refractivity (Wildman–Crippen MR) is 87.4 cm³/mol. The third-order valence-electron chi connectivity index (χ3n) is 3.33. The molecule has 0 radical (unpaired) electrons. The summed E-state index contributed by atoms with van der Waals surface area (Å²) in [5, 5.41) is 13.2. The van der Waals surface area contributed by atoms with E-state index in [1.807, 2.05) is 0 Å². The maximum atomic E-state index is 12.0. The van der Waals surface area contributed by atoms with Crippen LogP contribution in [-0.4, -0.2) is 33.8 Å². The van der Waals surface area contributed by atoms with Gasteiger partial charge in [-0.05, 0) is 19.1 Å². The van der Waals surface area contributed by atoms with Gasteiger partial charge in [-0.15, -0.1) is 0 Å². The van der Waals surface area contributed by atoms with Crippen LogP contribution in [0.4, 0.5) is 11.4 Å². The molecule has 25 heavy (non-hydrogen) atoms. The van der Waals surface area contributed by atoms with Crippen molar-refractivity contribution in [1.29, 1.82) is 0 Å². The van der Waals surface area contributed by atoms with E-state index >= 15 is 0 Å². The highest BCUT2D eigenvalue weighted by molar-refractivity contribution is 5.99. The molecule has 130 valence electrons. The molecule has 1 aromatic heterocycles. The fourth-order valence-corrected chi connectivity index (χ4v) is 2.09. The van der Waals surface area contributed by atoms with Gasteiger partial charge in [0.05, 0.1) is 4.92 Å². The molecule has 0 atom stereocenters. The Bertz CT molecular complexity index is 855. The highest BCUT2D eigenvalue weighted by atomic mass is 16.6. The van der Waals surface area contributed by atoms with Crippen molar-refractivity contribution in [3.8, 4) is 0 Å². The minimum Gasteiger partial charge on any atom is -0.451 e. The molecule has 0 aliphatic heterocycles. The van der Waals surface area contributed by atoms with E-state index in [2.05, 4.69) is 5.32 Å². The lowest BCUT2D eigenvalue weighted by Gasteiger charge is -2.07. The number of ether oxygens (including phenoxy) is 1. The molecule has 1 aromatic carbocycles. The van der Waals surface area contributed by atoms with E-state index in [4.69, 9.17) is 4.74 Å². The molecule has 2 rings (SSSR count). The number of aryl methyl sites for hydroxylation is 1. The molecule has 9 nitrogen and oxygen atoms in total. The molecular formula is C16H15N3O6.